The van der Waals surface area contributed by atoms with Gasteiger partial charge in [0, 0.05) is 42.7 Å². The number of benzene rings is 2. The van der Waals surface area contributed by atoms with Crippen LogP contribution in [0.5, 0.6) is 0 Å². The number of hydrogen-bond donors (Lipinski definition) is 1. The van der Waals surface area contributed by atoms with E-state index < -0.39 is 17.6 Å². The standard InChI is InChI=1S/C14H17F3N2.C10H9BO2.CH2B2O/c1-18-6-10-8-19(9-11(10)7-18)13-4-2-12(3-5-13)14(15,16)17;11-10(6-13-7-10)9-3-1-2-8(4-9)5-12;2-1(3)4/h2-5,10-11H,6-9H2,1H3;1-5H,6-7H2;1,4H. The Morgan fingerprint density at radius 3 is 2.06 bits per heavy atom. The number of ether oxygens (including phenoxy) is 1. The van der Waals surface area contributed by atoms with Crippen molar-refractivity contribution in [1.29, 1.82) is 0 Å². The summed E-state index contributed by atoms with van der Waals surface area (Å²) >= 11 is 0. The second-order valence-corrected chi connectivity index (χ2v) is 9.57. The highest BCUT2D eigenvalue weighted by molar-refractivity contribution is 6.34. The third-order valence-corrected chi connectivity index (χ3v) is 6.55. The van der Waals surface area contributed by atoms with Gasteiger partial charge in [0.25, 0.3) is 0 Å². The van der Waals surface area contributed by atoms with Crippen molar-refractivity contribution in [2.75, 3.05) is 51.3 Å². The first kappa shape index (κ1) is 28.3. The van der Waals surface area contributed by atoms with Crippen molar-refractivity contribution >= 4 is 35.5 Å². The van der Waals surface area contributed by atoms with Crippen LogP contribution in [0.4, 0.5) is 18.9 Å². The molecule has 3 fully saturated rings. The highest BCUT2D eigenvalue weighted by Crippen LogP contribution is 2.35. The molecule has 0 bridgehead atoms. The number of alkyl halides is 3. The molecule has 0 amide bonds. The number of rotatable bonds is 3. The van der Waals surface area contributed by atoms with E-state index in [-0.39, 0.29) is 5.31 Å². The molecule has 5 nitrogen and oxygen atoms in total. The molecule has 2 aromatic rings. The number of halogens is 3. The van der Waals surface area contributed by atoms with E-state index >= 15 is 0 Å². The van der Waals surface area contributed by atoms with Crippen molar-refractivity contribution < 1.29 is 27.8 Å². The Labute approximate surface area is 214 Å². The van der Waals surface area contributed by atoms with Gasteiger partial charge in [0.05, 0.1) is 42.3 Å². The van der Waals surface area contributed by atoms with Crippen molar-refractivity contribution in [1.82, 2.24) is 4.90 Å². The second-order valence-electron chi connectivity index (χ2n) is 9.57. The quantitative estimate of drug-likeness (QED) is 0.525. The molecule has 11 heteroatoms. The number of aliphatic hydroxyl groups is 1. The van der Waals surface area contributed by atoms with Crippen LogP contribution in [0.1, 0.15) is 21.5 Å². The van der Waals surface area contributed by atoms with Crippen LogP contribution < -0.4 is 4.90 Å². The van der Waals surface area contributed by atoms with Crippen molar-refractivity contribution in [3.8, 4) is 0 Å². The number of aliphatic hydroxyl groups excluding tert-OH is 1. The molecule has 6 radical (unpaired) electrons. The Morgan fingerprint density at radius 1 is 1.06 bits per heavy atom. The summed E-state index contributed by atoms with van der Waals surface area (Å²) in [6, 6.07) is 12.9. The molecular weight excluding hydrogens is 466 g/mol. The molecule has 1 N–H and O–H groups in total. The maximum atomic E-state index is 12.5. The van der Waals surface area contributed by atoms with Crippen LogP contribution in [0.25, 0.3) is 0 Å². The van der Waals surface area contributed by atoms with E-state index in [2.05, 4.69) is 32.5 Å². The third-order valence-electron chi connectivity index (χ3n) is 6.55. The van der Waals surface area contributed by atoms with Gasteiger partial charge in [-0.15, -0.1) is 0 Å². The topological polar surface area (TPSA) is 53.0 Å². The van der Waals surface area contributed by atoms with Crippen molar-refractivity contribution in [3.63, 3.8) is 0 Å². The molecule has 3 aliphatic heterocycles. The first-order chi connectivity index (χ1) is 16.9. The number of fused-ring (bicyclic) bond motifs is 1. The van der Waals surface area contributed by atoms with Gasteiger partial charge < -0.3 is 19.6 Å². The van der Waals surface area contributed by atoms with Gasteiger partial charge in [-0.25, -0.2) is 0 Å². The lowest BCUT2D eigenvalue weighted by Gasteiger charge is -2.39. The van der Waals surface area contributed by atoms with Crippen LogP contribution in [0.15, 0.2) is 48.5 Å². The Balaban J connectivity index is 0.000000184. The molecule has 3 aliphatic rings. The number of anilines is 1. The van der Waals surface area contributed by atoms with E-state index in [4.69, 9.17) is 17.7 Å². The number of aldehydes is 1. The van der Waals surface area contributed by atoms with Gasteiger partial charge in [-0.2, -0.15) is 13.2 Å². The SMILES string of the molecule is CN1CC2CN(c3ccc(C(F)(F)F)cc3)CC2C1.[B]C([B])O.[B]C1(c2cccc(C=O)c2)COC1. The van der Waals surface area contributed by atoms with Crippen molar-refractivity contribution in [2.45, 2.75) is 17.4 Å². The second kappa shape index (κ2) is 11.9. The summed E-state index contributed by atoms with van der Waals surface area (Å²) in [5.41, 5.74) is 1.97. The van der Waals surface area contributed by atoms with E-state index in [0.29, 0.717) is 30.6 Å². The Bertz CT molecular complexity index is 987. The molecule has 36 heavy (non-hydrogen) atoms. The highest BCUT2D eigenvalue weighted by Gasteiger charge is 2.39. The van der Waals surface area contributed by atoms with E-state index in [1.165, 1.54) is 12.1 Å². The highest BCUT2D eigenvalue weighted by atomic mass is 19.4. The van der Waals surface area contributed by atoms with Crippen molar-refractivity contribution in [3.05, 3.63) is 65.2 Å². The van der Waals surface area contributed by atoms with Gasteiger partial charge in [0.15, 0.2) is 0 Å². The minimum Gasteiger partial charge on any atom is -0.412 e. The molecule has 3 saturated heterocycles. The lowest BCUT2D eigenvalue weighted by molar-refractivity contribution is -0.137. The molecule has 0 aromatic heterocycles. The minimum atomic E-state index is -4.25. The van der Waals surface area contributed by atoms with E-state index in [9.17, 15) is 18.0 Å². The average Bonchev–Trinajstić information content (AvgIpc) is 3.34. The maximum absolute atomic E-state index is 12.5. The molecule has 0 saturated carbocycles. The van der Waals surface area contributed by atoms with Crippen molar-refractivity contribution in [2.24, 2.45) is 11.8 Å². The van der Waals surface area contributed by atoms with Crippen LogP contribution in [-0.2, 0) is 16.2 Å². The summed E-state index contributed by atoms with van der Waals surface area (Å²) in [5.74, 6) is 0.152. The molecule has 186 valence electrons. The van der Waals surface area contributed by atoms with Gasteiger partial charge in [0.2, 0.25) is 0 Å². The van der Waals surface area contributed by atoms with Gasteiger partial charge in [-0.3, -0.25) is 4.79 Å². The van der Waals surface area contributed by atoms with Gasteiger partial charge >= 0.3 is 6.18 Å². The summed E-state index contributed by atoms with van der Waals surface area (Å²) in [4.78, 5) is 15.1. The molecule has 0 aliphatic carbocycles. The molecule has 3 heterocycles. The molecule has 2 aromatic carbocycles. The Morgan fingerprint density at radius 2 is 1.61 bits per heavy atom. The predicted molar refractivity (Wildman–Crippen MR) is 136 cm³/mol. The number of likely N-dealkylation sites (tertiary alicyclic amines) is 1. The fourth-order valence-corrected chi connectivity index (χ4v) is 4.71. The molecular formula is C25H28B3F3N2O3. The lowest BCUT2D eigenvalue weighted by atomic mass is 9.62. The minimum absolute atomic E-state index is 0.376. The number of hydrogen-bond acceptors (Lipinski definition) is 5. The smallest absolute Gasteiger partial charge is 0.412 e. The fraction of sp³-hybridized carbons (Fsp3) is 0.480. The Hall–Kier alpha value is -2.23. The van der Waals surface area contributed by atoms with E-state index in [1.807, 2.05) is 18.2 Å². The summed E-state index contributed by atoms with van der Waals surface area (Å²) in [6.07, 6.45) is -3.42. The Kier molecular flexibility index (Phi) is 9.36. The molecule has 0 spiro atoms. The number of carbonyl (C=O) groups excluding carboxylic acids is 1. The van der Waals surface area contributed by atoms with Crippen LogP contribution in [0, 0.1) is 11.8 Å². The van der Waals surface area contributed by atoms with Crippen LogP contribution in [0.3, 0.4) is 0 Å². The maximum Gasteiger partial charge on any atom is 0.416 e. The first-order valence-electron chi connectivity index (χ1n) is 11.6. The van der Waals surface area contributed by atoms with E-state index in [1.54, 1.807) is 18.2 Å². The third kappa shape index (κ3) is 7.40. The summed E-state index contributed by atoms with van der Waals surface area (Å²) in [5, 5.41) is 7.24. The first-order valence-corrected chi connectivity index (χ1v) is 11.6. The zero-order valence-electron chi connectivity index (χ0n) is 20.2. The predicted octanol–water partition coefficient (Wildman–Crippen LogP) is 2.20. The normalized spacial score (nSPS) is 22.6. The van der Waals surface area contributed by atoms with Gasteiger partial charge in [-0.1, -0.05) is 18.2 Å². The van der Waals surface area contributed by atoms with E-state index in [0.717, 1.165) is 43.7 Å². The monoisotopic (exact) mass is 494 g/mol. The summed E-state index contributed by atoms with van der Waals surface area (Å²) < 4.78 is 42.6. The van der Waals surface area contributed by atoms with Crippen LogP contribution in [-0.4, -0.2) is 92.2 Å². The average molecular weight is 494 g/mol. The van der Waals surface area contributed by atoms with Gasteiger partial charge in [0.1, 0.15) is 6.29 Å². The molecule has 2 atom stereocenters. The summed E-state index contributed by atoms with van der Waals surface area (Å²) in [6.45, 7) is 5.19. The van der Waals surface area contributed by atoms with Crippen LogP contribution >= 0.6 is 0 Å². The number of nitrogens with zero attached hydrogens (tertiary/aromatic N) is 2. The largest absolute Gasteiger partial charge is 0.416 e. The zero-order valence-corrected chi connectivity index (χ0v) is 20.2. The molecule has 5 rings (SSSR count). The van der Waals surface area contributed by atoms with Crippen LogP contribution in [0.2, 0.25) is 0 Å². The molecule has 2 unspecified atom stereocenters. The van der Waals surface area contributed by atoms with Gasteiger partial charge in [-0.05, 0) is 60.7 Å². The fourth-order valence-electron chi connectivity index (χ4n) is 4.71. The number of carbonyl (C=O) groups is 1. The lowest BCUT2D eigenvalue weighted by Crippen LogP contribution is -2.47. The summed E-state index contributed by atoms with van der Waals surface area (Å²) in [7, 11) is 17.0. The zero-order chi connectivity index (χ0) is 26.5.